The van der Waals surface area contributed by atoms with E-state index in [1.54, 1.807) is 24.3 Å². The lowest BCUT2D eigenvalue weighted by Crippen LogP contribution is -2.43. The predicted octanol–water partition coefficient (Wildman–Crippen LogP) is 1.28. The fraction of sp³-hybridized carbons (Fsp3) is 0.438. The number of nitrogens with zero attached hydrogens (tertiary/aromatic N) is 2. The molecule has 1 aromatic carbocycles. The van der Waals surface area contributed by atoms with Crippen molar-refractivity contribution in [2.75, 3.05) is 6.54 Å². The first-order valence-corrected chi connectivity index (χ1v) is 7.23. The summed E-state index contributed by atoms with van der Waals surface area (Å²) in [6, 6.07) is 8.16. The van der Waals surface area contributed by atoms with Crippen molar-refractivity contribution in [1.29, 1.82) is 5.26 Å². The SMILES string of the molecule is N#CC1(c2ccc(C(=O)N3C[C@H](F)C[C@H]3C(N)=O)cc2)CC1. The second-order valence-corrected chi connectivity index (χ2v) is 5.98. The molecule has 0 spiro atoms. The van der Waals surface area contributed by atoms with Crippen molar-refractivity contribution in [1.82, 2.24) is 4.90 Å². The van der Waals surface area contributed by atoms with Crippen LogP contribution >= 0.6 is 0 Å². The van der Waals surface area contributed by atoms with Crippen LogP contribution in [0.5, 0.6) is 0 Å². The van der Waals surface area contributed by atoms with E-state index in [2.05, 4.69) is 6.07 Å². The molecule has 6 heteroatoms. The van der Waals surface area contributed by atoms with E-state index >= 15 is 0 Å². The number of carbonyl (C=O) groups excluding carboxylic acids is 2. The van der Waals surface area contributed by atoms with Crippen LogP contribution in [0.15, 0.2) is 24.3 Å². The highest BCUT2D eigenvalue weighted by Gasteiger charge is 2.45. The Morgan fingerprint density at radius 3 is 2.45 bits per heavy atom. The van der Waals surface area contributed by atoms with Crippen LogP contribution in [-0.4, -0.2) is 35.5 Å². The smallest absolute Gasteiger partial charge is 0.254 e. The summed E-state index contributed by atoms with van der Waals surface area (Å²) in [6.07, 6.45) is 0.386. The van der Waals surface area contributed by atoms with Gasteiger partial charge in [0.2, 0.25) is 5.91 Å². The third-order valence-corrected chi connectivity index (χ3v) is 4.49. The number of hydrogen-bond acceptors (Lipinski definition) is 3. The summed E-state index contributed by atoms with van der Waals surface area (Å²) in [5, 5.41) is 9.17. The molecule has 2 N–H and O–H groups in total. The third kappa shape index (κ3) is 2.33. The molecule has 5 nitrogen and oxygen atoms in total. The monoisotopic (exact) mass is 301 g/mol. The van der Waals surface area contributed by atoms with Crippen LogP contribution in [0.4, 0.5) is 4.39 Å². The Bertz CT molecular complexity index is 661. The van der Waals surface area contributed by atoms with Gasteiger partial charge in [0.15, 0.2) is 0 Å². The van der Waals surface area contributed by atoms with Crippen LogP contribution in [0.25, 0.3) is 0 Å². The molecule has 114 valence electrons. The number of primary amides is 1. The van der Waals surface area contributed by atoms with Crippen molar-refractivity contribution in [3.05, 3.63) is 35.4 Å². The summed E-state index contributed by atoms with van der Waals surface area (Å²) in [5.74, 6) is -1.09. The molecule has 2 fully saturated rings. The van der Waals surface area contributed by atoms with E-state index in [9.17, 15) is 14.0 Å². The van der Waals surface area contributed by atoms with E-state index in [1.807, 2.05) is 0 Å². The van der Waals surface area contributed by atoms with Crippen molar-refractivity contribution in [3.8, 4) is 6.07 Å². The summed E-state index contributed by atoms with van der Waals surface area (Å²) in [4.78, 5) is 25.0. The van der Waals surface area contributed by atoms with Crippen molar-refractivity contribution in [2.24, 2.45) is 5.73 Å². The Hall–Kier alpha value is -2.42. The van der Waals surface area contributed by atoms with E-state index in [-0.39, 0.29) is 13.0 Å². The highest BCUT2D eigenvalue weighted by molar-refractivity contribution is 5.97. The number of alkyl halides is 1. The molecule has 2 aliphatic rings. The molecule has 1 saturated carbocycles. The van der Waals surface area contributed by atoms with Crippen molar-refractivity contribution in [2.45, 2.75) is 36.9 Å². The van der Waals surface area contributed by atoms with Gasteiger partial charge in [-0.2, -0.15) is 5.26 Å². The molecule has 1 aromatic rings. The summed E-state index contributed by atoms with van der Waals surface area (Å²) in [7, 11) is 0. The number of rotatable bonds is 3. The fourth-order valence-electron chi connectivity index (χ4n) is 2.97. The molecule has 2 amide bonds. The second kappa shape index (κ2) is 5.09. The van der Waals surface area contributed by atoms with Gasteiger partial charge >= 0.3 is 0 Å². The van der Waals surface area contributed by atoms with Gasteiger partial charge < -0.3 is 10.6 Å². The predicted molar refractivity (Wildman–Crippen MR) is 76.5 cm³/mol. The lowest BCUT2D eigenvalue weighted by atomic mass is 9.96. The largest absolute Gasteiger partial charge is 0.368 e. The normalized spacial score (nSPS) is 25.5. The number of likely N-dealkylation sites (tertiary alicyclic amines) is 1. The van der Waals surface area contributed by atoms with Gasteiger partial charge in [-0.3, -0.25) is 9.59 Å². The minimum absolute atomic E-state index is 0.0449. The first kappa shape index (κ1) is 14.5. The van der Waals surface area contributed by atoms with E-state index in [0.717, 1.165) is 18.4 Å². The maximum absolute atomic E-state index is 13.5. The number of hydrogen-bond donors (Lipinski definition) is 1. The number of amides is 2. The van der Waals surface area contributed by atoms with Crippen molar-refractivity contribution >= 4 is 11.8 Å². The standard InChI is InChI=1S/C16H16FN3O2/c17-12-7-13(14(19)21)20(8-12)15(22)10-1-3-11(4-2-10)16(9-18)5-6-16/h1-4,12-13H,5-8H2,(H2,19,21)/t12-,13+/m1/s1. The van der Waals surface area contributed by atoms with Crippen LogP contribution in [-0.2, 0) is 10.2 Å². The molecular weight excluding hydrogens is 285 g/mol. The van der Waals surface area contributed by atoms with Crippen molar-refractivity contribution < 1.29 is 14.0 Å². The zero-order valence-electron chi connectivity index (χ0n) is 12.0. The molecule has 1 aliphatic heterocycles. The fourth-order valence-corrected chi connectivity index (χ4v) is 2.97. The first-order valence-electron chi connectivity index (χ1n) is 7.23. The number of nitriles is 1. The molecule has 0 unspecified atom stereocenters. The number of halogens is 1. The van der Waals surface area contributed by atoms with E-state index in [4.69, 9.17) is 11.0 Å². The van der Waals surface area contributed by atoms with Gasteiger partial charge in [0.05, 0.1) is 18.0 Å². The minimum Gasteiger partial charge on any atom is -0.368 e. The van der Waals surface area contributed by atoms with Gasteiger partial charge in [0.1, 0.15) is 12.2 Å². The average molecular weight is 301 g/mol. The van der Waals surface area contributed by atoms with Gasteiger partial charge in [0, 0.05) is 12.0 Å². The van der Waals surface area contributed by atoms with Gasteiger partial charge in [-0.15, -0.1) is 0 Å². The maximum Gasteiger partial charge on any atom is 0.254 e. The van der Waals surface area contributed by atoms with Crippen LogP contribution in [0, 0.1) is 11.3 Å². The van der Waals surface area contributed by atoms with Crippen LogP contribution in [0.1, 0.15) is 35.2 Å². The Morgan fingerprint density at radius 1 is 1.32 bits per heavy atom. The Balaban J connectivity index is 1.81. The molecule has 0 bridgehead atoms. The Kier molecular flexibility index (Phi) is 3.36. The minimum atomic E-state index is -1.23. The molecular formula is C16H16FN3O2. The zero-order chi connectivity index (χ0) is 15.9. The second-order valence-electron chi connectivity index (χ2n) is 5.98. The molecule has 1 heterocycles. The number of benzene rings is 1. The van der Waals surface area contributed by atoms with E-state index < -0.39 is 29.4 Å². The Labute approximate surface area is 127 Å². The molecule has 3 rings (SSSR count). The lowest BCUT2D eigenvalue weighted by molar-refractivity contribution is -0.121. The topological polar surface area (TPSA) is 87.2 Å². The van der Waals surface area contributed by atoms with E-state index in [0.29, 0.717) is 5.56 Å². The van der Waals surface area contributed by atoms with Crippen LogP contribution < -0.4 is 5.73 Å². The van der Waals surface area contributed by atoms with Crippen molar-refractivity contribution in [3.63, 3.8) is 0 Å². The highest BCUT2D eigenvalue weighted by atomic mass is 19.1. The summed E-state index contributed by atoms with van der Waals surface area (Å²) >= 11 is 0. The average Bonchev–Trinajstić information content (AvgIpc) is 3.22. The molecule has 22 heavy (non-hydrogen) atoms. The van der Waals surface area contributed by atoms with Gasteiger partial charge in [-0.25, -0.2) is 4.39 Å². The molecule has 1 saturated heterocycles. The summed E-state index contributed by atoms with van der Waals surface area (Å²) < 4.78 is 13.5. The number of carbonyl (C=O) groups is 2. The Morgan fingerprint density at radius 2 is 1.95 bits per heavy atom. The zero-order valence-corrected chi connectivity index (χ0v) is 12.0. The molecule has 0 aromatic heterocycles. The number of nitrogens with two attached hydrogens (primary N) is 1. The van der Waals surface area contributed by atoms with Gasteiger partial charge in [-0.1, -0.05) is 12.1 Å². The molecule has 0 radical (unpaired) electrons. The van der Waals surface area contributed by atoms with E-state index in [1.165, 1.54) is 4.90 Å². The lowest BCUT2D eigenvalue weighted by Gasteiger charge is -2.22. The maximum atomic E-state index is 13.5. The molecule has 1 aliphatic carbocycles. The summed E-state index contributed by atoms with van der Waals surface area (Å²) in [5.41, 5.74) is 6.09. The highest BCUT2D eigenvalue weighted by Crippen LogP contribution is 2.47. The summed E-state index contributed by atoms with van der Waals surface area (Å²) in [6.45, 7) is -0.115. The van der Waals surface area contributed by atoms with Gasteiger partial charge in [-0.05, 0) is 30.5 Å². The molecule has 2 atom stereocenters. The first-order chi connectivity index (χ1) is 10.5. The third-order valence-electron chi connectivity index (χ3n) is 4.49. The van der Waals surface area contributed by atoms with Gasteiger partial charge in [0.25, 0.3) is 5.91 Å². The van der Waals surface area contributed by atoms with Crippen LogP contribution in [0.2, 0.25) is 0 Å². The quantitative estimate of drug-likeness (QED) is 0.912. The van der Waals surface area contributed by atoms with Crippen LogP contribution in [0.3, 0.4) is 0 Å².